The van der Waals surface area contributed by atoms with E-state index in [4.69, 9.17) is 0 Å². The Kier molecular flexibility index (Phi) is 4.60. The molecule has 0 unspecified atom stereocenters. The number of nitrogens with zero attached hydrogens (tertiary/aromatic N) is 2. The van der Waals surface area contributed by atoms with Crippen molar-refractivity contribution in [1.29, 1.82) is 0 Å². The maximum atomic E-state index is 13.9. The van der Waals surface area contributed by atoms with Crippen LogP contribution in [0.2, 0.25) is 0 Å². The highest BCUT2D eigenvalue weighted by Gasteiger charge is 2.35. The van der Waals surface area contributed by atoms with Gasteiger partial charge < -0.3 is 0 Å². The first kappa shape index (κ1) is 17.6. The molecule has 2 rings (SSSR count). The molecule has 1 N–H and O–H groups in total. The molecule has 0 radical (unpaired) electrons. The van der Waals surface area contributed by atoms with E-state index in [2.05, 4.69) is 10.1 Å². The molecule has 0 fully saturated rings. The lowest BCUT2D eigenvalue weighted by Gasteiger charge is -2.10. The van der Waals surface area contributed by atoms with E-state index in [0.717, 1.165) is 12.1 Å². The molecule has 0 atom stereocenters. The van der Waals surface area contributed by atoms with Crippen LogP contribution in [-0.2, 0) is 6.18 Å². The summed E-state index contributed by atoms with van der Waals surface area (Å²) in [6.45, 7) is 1.39. The number of hydrogen-bond acceptors (Lipinski definition) is 3. The van der Waals surface area contributed by atoms with Crippen molar-refractivity contribution in [3.8, 4) is 11.4 Å². The van der Waals surface area contributed by atoms with Crippen LogP contribution in [-0.4, -0.2) is 27.1 Å². The standard InChI is InChI=1S/C12H8F7N3S/c1-5-2-7(13)6(3-8(5)23-4-11(14,15)16)9-20-10(22-21-9)12(17,18)19/h2-3H,4H2,1H3,(H,20,21,22). The number of halogens is 7. The zero-order valence-corrected chi connectivity index (χ0v) is 12.1. The van der Waals surface area contributed by atoms with Crippen LogP contribution in [0.3, 0.4) is 0 Å². The second-order valence-electron chi connectivity index (χ2n) is 4.51. The van der Waals surface area contributed by atoms with Crippen molar-refractivity contribution in [2.75, 3.05) is 5.75 Å². The predicted molar refractivity (Wildman–Crippen MR) is 68.3 cm³/mol. The van der Waals surface area contributed by atoms with Gasteiger partial charge in [0.1, 0.15) is 5.82 Å². The molecule has 0 aliphatic carbocycles. The summed E-state index contributed by atoms with van der Waals surface area (Å²) in [4.78, 5) is 3.21. The van der Waals surface area contributed by atoms with Gasteiger partial charge in [0, 0.05) is 4.90 Å². The number of nitrogens with one attached hydrogen (secondary N) is 1. The Morgan fingerprint density at radius 2 is 1.78 bits per heavy atom. The van der Waals surface area contributed by atoms with Crippen molar-refractivity contribution in [2.45, 2.75) is 24.2 Å². The summed E-state index contributed by atoms with van der Waals surface area (Å²) < 4.78 is 88.0. The van der Waals surface area contributed by atoms with Gasteiger partial charge in [-0.3, -0.25) is 5.10 Å². The smallest absolute Gasteiger partial charge is 0.255 e. The zero-order chi connectivity index (χ0) is 17.4. The average molecular weight is 359 g/mol. The molecule has 1 aromatic heterocycles. The van der Waals surface area contributed by atoms with E-state index < -0.39 is 41.1 Å². The lowest BCUT2D eigenvalue weighted by Crippen LogP contribution is -2.10. The number of alkyl halides is 6. The summed E-state index contributed by atoms with van der Waals surface area (Å²) in [6, 6.07) is 1.93. The van der Waals surface area contributed by atoms with Gasteiger partial charge in [-0.05, 0) is 24.6 Å². The van der Waals surface area contributed by atoms with E-state index in [9.17, 15) is 30.7 Å². The average Bonchev–Trinajstić information content (AvgIpc) is 2.85. The van der Waals surface area contributed by atoms with Crippen molar-refractivity contribution in [1.82, 2.24) is 15.2 Å². The maximum Gasteiger partial charge on any atom is 0.451 e. The number of aromatic amines is 1. The van der Waals surface area contributed by atoms with Gasteiger partial charge in [0.05, 0.1) is 11.3 Å². The van der Waals surface area contributed by atoms with Crippen LogP contribution < -0.4 is 0 Å². The number of rotatable bonds is 3. The third kappa shape index (κ3) is 4.36. The van der Waals surface area contributed by atoms with Gasteiger partial charge in [-0.2, -0.15) is 31.4 Å². The Balaban J connectivity index is 2.37. The van der Waals surface area contributed by atoms with E-state index in [-0.39, 0.29) is 10.5 Å². The molecule has 2 aromatic rings. The Labute approximate surface area is 129 Å². The fraction of sp³-hybridized carbons (Fsp3) is 0.333. The molecule has 11 heteroatoms. The van der Waals surface area contributed by atoms with Crippen LogP contribution in [0.1, 0.15) is 11.4 Å². The number of H-pyrrole nitrogens is 1. The monoisotopic (exact) mass is 359 g/mol. The van der Waals surface area contributed by atoms with Crippen LogP contribution in [0.5, 0.6) is 0 Å². The van der Waals surface area contributed by atoms with Crippen molar-refractivity contribution in [3.05, 3.63) is 29.3 Å². The van der Waals surface area contributed by atoms with E-state index in [1.165, 1.54) is 6.92 Å². The number of aryl methyl sites for hydroxylation is 1. The largest absolute Gasteiger partial charge is 0.451 e. The van der Waals surface area contributed by atoms with E-state index in [1.807, 2.05) is 0 Å². The van der Waals surface area contributed by atoms with E-state index in [0.29, 0.717) is 11.8 Å². The molecule has 3 nitrogen and oxygen atoms in total. The van der Waals surface area contributed by atoms with Gasteiger partial charge in [0.2, 0.25) is 5.82 Å². The van der Waals surface area contributed by atoms with E-state index >= 15 is 0 Å². The summed E-state index contributed by atoms with van der Waals surface area (Å²) in [6.07, 6.45) is -9.22. The number of aromatic nitrogens is 3. The minimum atomic E-state index is -4.79. The first-order valence-electron chi connectivity index (χ1n) is 5.97. The molecule has 0 bridgehead atoms. The molecule has 0 amide bonds. The van der Waals surface area contributed by atoms with Crippen molar-refractivity contribution in [2.24, 2.45) is 0 Å². The second-order valence-corrected chi connectivity index (χ2v) is 5.52. The Morgan fingerprint density at radius 3 is 2.30 bits per heavy atom. The Morgan fingerprint density at radius 1 is 1.13 bits per heavy atom. The summed E-state index contributed by atoms with van der Waals surface area (Å²) in [7, 11) is 0. The molecule has 0 spiro atoms. The van der Waals surface area contributed by atoms with Crippen LogP contribution in [0.15, 0.2) is 17.0 Å². The van der Waals surface area contributed by atoms with Gasteiger partial charge >= 0.3 is 12.4 Å². The van der Waals surface area contributed by atoms with Gasteiger partial charge in [-0.25, -0.2) is 9.37 Å². The molecular formula is C12H8F7N3S. The predicted octanol–water partition coefficient (Wildman–Crippen LogP) is 4.59. The molecule has 0 aliphatic rings. The molecule has 0 saturated carbocycles. The zero-order valence-electron chi connectivity index (χ0n) is 11.3. The Hall–Kier alpha value is -1.78. The SMILES string of the molecule is Cc1cc(F)c(-c2n[nH]c(C(F)(F)F)n2)cc1SCC(F)(F)F. The molecule has 126 valence electrons. The molecule has 23 heavy (non-hydrogen) atoms. The van der Waals surface area contributed by atoms with Gasteiger partial charge in [0.15, 0.2) is 5.82 Å². The third-order valence-corrected chi connectivity index (χ3v) is 3.87. The lowest BCUT2D eigenvalue weighted by atomic mass is 10.1. The number of hydrogen-bond donors (Lipinski definition) is 1. The van der Waals surface area contributed by atoms with Crippen molar-refractivity contribution < 1.29 is 30.7 Å². The fourth-order valence-electron chi connectivity index (χ4n) is 1.65. The fourth-order valence-corrected chi connectivity index (χ4v) is 2.46. The first-order valence-corrected chi connectivity index (χ1v) is 6.95. The maximum absolute atomic E-state index is 13.9. The minimum Gasteiger partial charge on any atom is -0.255 e. The van der Waals surface area contributed by atoms with E-state index in [1.54, 1.807) is 5.10 Å². The van der Waals surface area contributed by atoms with Crippen molar-refractivity contribution in [3.63, 3.8) is 0 Å². The molecule has 0 saturated heterocycles. The van der Waals surface area contributed by atoms with Gasteiger partial charge in [0.25, 0.3) is 0 Å². The lowest BCUT2D eigenvalue weighted by molar-refractivity contribution is -0.144. The third-order valence-electron chi connectivity index (χ3n) is 2.65. The number of thioether (sulfide) groups is 1. The normalized spacial score (nSPS) is 12.7. The van der Waals surface area contributed by atoms with Crippen LogP contribution in [0.4, 0.5) is 30.7 Å². The summed E-state index contributed by atoms with van der Waals surface area (Å²) in [5.41, 5.74) is -0.181. The molecular weight excluding hydrogens is 351 g/mol. The topological polar surface area (TPSA) is 41.6 Å². The second kappa shape index (κ2) is 6.02. The van der Waals surface area contributed by atoms with Crippen LogP contribution in [0, 0.1) is 12.7 Å². The minimum absolute atomic E-state index is 0.0806. The summed E-state index contributed by atoms with van der Waals surface area (Å²) in [5.74, 6) is -4.13. The molecule has 1 heterocycles. The Bertz CT molecular complexity index is 706. The highest BCUT2D eigenvalue weighted by Crippen LogP contribution is 2.34. The number of benzene rings is 1. The first-order chi connectivity index (χ1) is 10.5. The van der Waals surface area contributed by atoms with Gasteiger partial charge in [-0.1, -0.05) is 0 Å². The summed E-state index contributed by atoms with van der Waals surface area (Å²) >= 11 is 0.404. The highest BCUT2D eigenvalue weighted by molar-refractivity contribution is 7.99. The summed E-state index contributed by atoms with van der Waals surface area (Å²) in [5, 5.41) is 4.89. The molecule has 1 aromatic carbocycles. The van der Waals surface area contributed by atoms with Gasteiger partial charge in [-0.15, -0.1) is 11.8 Å². The van der Waals surface area contributed by atoms with Crippen molar-refractivity contribution >= 4 is 11.8 Å². The quantitative estimate of drug-likeness (QED) is 0.644. The van der Waals surface area contributed by atoms with Crippen LogP contribution in [0.25, 0.3) is 11.4 Å². The molecule has 0 aliphatic heterocycles. The highest BCUT2D eigenvalue weighted by atomic mass is 32.2. The van der Waals surface area contributed by atoms with Crippen LogP contribution >= 0.6 is 11.8 Å².